The number of nitrogens with one attached hydrogen (secondary N) is 1. The molecule has 0 aromatic carbocycles. The molecule has 8 nitrogen and oxygen atoms in total. The third-order valence-corrected chi connectivity index (χ3v) is 5.45. The molecule has 126 valence electrons. The van der Waals surface area contributed by atoms with E-state index in [0.717, 1.165) is 18.5 Å². The topological polar surface area (TPSA) is 90.5 Å². The molecule has 1 aliphatic rings. The molecule has 9 heteroatoms. The number of hydrogen-bond donors (Lipinski definition) is 1. The number of aromatic nitrogens is 4. The Balaban J connectivity index is 1.67. The number of hydrogen-bond acceptors (Lipinski definition) is 5. The van der Waals surface area contributed by atoms with Crippen LogP contribution in [-0.2, 0) is 21.8 Å². The van der Waals surface area contributed by atoms with Crippen LogP contribution in [-0.4, -0.2) is 34.4 Å². The summed E-state index contributed by atoms with van der Waals surface area (Å²) >= 11 is 0. The standard InChI is InChI=1S/C15H17N5O3S/c1-19-15(9-11(17-19)13-6-4-8-23-13)18-24(21,22)14-10-16-20-7-3-2-5-12(14)20/h2-3,5,7,9-10,13,18H,4,6,8H2,1H3. The fourth-order valence-electron chi connectivity index (χ4n) is 2.86. The lowest BCUT2D eigenvalue weighted by Gasteiger charge is -2.06. The van der Waals surface area contributed by atoms with Gasteiger partial charge in [0.25, 0.3) is 10.0 Å². The summed E-state index contributed by atoms with van der Waals surface area (Å²) in [7, 11) is -2.06. The predicted molar refractivity (Wildman–Crippen MR) is 87.1 cm³/mol. The van der Waals surface area contributed by atoms with Gasteiger partial charge in [0.1, 0.15) is 16.8 Å². The molecule has 1 aliphatic heterocycles. The van der Waals surface area contributed by atoms with Crippen LogP contribution in [0, 0.1) is 0 Å². The van der Waals surface area contributed by atoms with Crippen molar-refractivity contribution in [2.24, 2.45) is 7.05 Å². The third kappa shape index (κ3) is 2.55. The third-order valence-electron chi connectivity index (χ3n) is 4.08. The maximum absolute atomic E-state index is 12.7. The van der Waals surface area contributed by atoms with Crippen molar-refractivity contribution in [1.29, 1.82) is 0 Å². The molecule has 1 saturated heterocycles. The van der Waals surface area contributed by atoms with Gasteiger partial charge in [-0.15, -0.1) is 0 Å². The van der Waals surface area contributed by atoms with Crippen LogP contribution in [0.25, 0.3) is 5.52 Å². The summed E-state index contributed by atoms with van der Waals surface area (Å²) in [6.07, 6.45) is 4.87. The van der Waals surface area contributed by atoms with E-state index in [1.54, 1.807) is 37.5 Å². The molecule has 0 radical (unpaired) electrons. The van der Waals surface area contributed by atoms with Gasteiger partial charge in [-0.05, 0) is 25.0 Å². The van der Waals surface area contributed by atoms with E-state index in [1.165, 1.54) is 15.4 Å². The maximum Gasteiger partial charge on any atom is 0.266 e. The number of pyridine rings is 1. The van der Waals surface area contributed by atoms with Crippen molar-refractivity contribution in [2.75, 3.05) is 11.3 Å². The van der Waals surface area contributed by atoms with E-state index in [1.807, 2.05) is 0 Å². The molecular weight excluding hydrogens is 330 g/mol. The second-order valence-corrected chi connectivity index (χ2v) is 7.38. The number of rotatable bonds is 4. The van der Waals surface area contributed by atoms with Gasteiger partial charge in [0.05, 0.1) is 17.4 Å². The number of ether oxygens (including phenoxy) is 1. The molecule has 1 atom stereocenters. The smallest absolute Gasteiger partial charge is 0.266 e. The van der Waals surface area contributed by atoms with Crippen molar-refractivity contribution < 1.29 is 13.2 Å². The Morgan fingerprint density at radius 2 is 2.25 bits per heavy atom. The minimum atomic E-state index is -3.76. The molecule has 0 spiro atoms. The van der Waals surface area contributed by atoms with Crippen LogP contribution in [0.15, 0.2) is 41.6 Å². The van der Waals surface area contributed by atoms with E-state index >= 15 is 0 Å². The van der Waals surface area contributed by atoms with E-state index < -0.39 is 10.0 Å². The highest BCUT2D eigenvalue weighted by Gasteiger charge is 2.25. The van der Waals surface area contributed by atoms with Gasteiger partial charge in [0, 0.05) is 25.9 Å². The zero-order valence-corrected chi connectivity index (χ0v) is 13.9. The van der Waals surface area contributed by atoms with Crippen LogP contribution < -0.4 is 4.72 Å². The molecular formula is C15H17N5O3S. The Morgan fingerprint density at radius 3 is 3.04 bits per heavy atom. The molecule has 4 heterocycles. The summed E-state index contributed by atoms with van der Waals surface area (Å²) in [5.41, 5.74) is 1.26. The van der Waals surface area contributed by atoms with Gasteiger partial charge in [-0.1, -0.05) is 6.07 Å². The summed E-state index contributed by atoms with van der Waals surface area (Å²) < 4.78 is 36.7. The van der Waals surface area contributed by atoms with E-state index in [9.17, 15) is 8.42 Å². The van der Waals surface area contributed by atoms with Gasteiger partial charge < -0.3 is 4.74 Å². The quantitative estimate of drug-likeness (QED) is 0.776. The highest BCUT2D eigenvalue weighted by molar-refractivity contribution is 7.93. The van der Waals surface area contributed by atoms with Crippen molar-refractivity contribution in [1.82, 2.24) is 19.4 Å². The van der Waals surface area contributed by atoms with Crippen molar-refractivity contribution >= 4 is 21.4 Å². The molecule has 3 aromatic heterocycles. The lowest BCUT2D eigenvalue weighted by Crippen LogP contribution is -2.15. The Morgan fingerprint density at radius 1 is 1.38 bits per heavy atom. The van der Waals surface area contributed by atoms with Gasteiger partial charge in [0.15, 0.2) is 0 Å². The molecule has 0 aliphatic carbocycles. The average Bonchev–Trinajstić information content (AvgIpc) is 3.27. The molecule has 0 amide bonds. The van der Waals surface area contributed by atoms with E-state index in [2.05, 4.69) is 14.9 Å². The van der Waals surface area contributed by atoms with Gasteiger partial charge in [-0.3, -0.25) is 9.40 Å². The molecule has 3 aromatic rings. The maximum atomic E-state index is 12.7. The number of anilines is 1. The first kappa shape index (κ1) is 15.2. The molecule has 0 saturated carbocycles. The molecule has 0 bridgehead atoms. The summed E-state index contributed by atoms with van der Waals surface area (Å²) in [6.45, 7) is 0.713. The van der Waals surface area contributed by atoms with Crippen LogP contribution in [0.5, 0.6) is 0 Å². The number of nitrogens with zero attached hydrogens (tertiary/aromatic N) is 4. The number of aryl methyl sites for hydroxylation is 1. The fraction of sp³-hybridized carbons (Fsp3) is 0.333. The summed E-state index contributed by atoms with van der Waals surface area (Å²) in [4.78, 5) is 0.128. The van der Waals surface area contributed by atoms with Crippen molar-refractivity contribution in [3.63, 3.8) is 0 Å². The first-order chi connectivity index (χ1) is 11.5. The number of sulfonamides is 1. The minimum absolute atomic E-state index is 0.0635. The van der Waals surface area contributed by atoms with Crippen LogP contribution in [0.3, 0.4) is 0 Å². The lowest BCUT2D eigenvalue weighted by molar-refractivity contribution is 0.108. The normalized spacial score (nSPS) is 18.3. The van der Waals surface area contributed by atoms with Crippen LogP contribution in [0.1, 0.15) is 24.6 Å². The summed E-state index contributed by atoms with van der Waals surface area (Å²) in [5.74, 6) is 0.399. The van der Waals surface area contributed by atoms with Crippen molar-refractivity contribution in [2.45, 2.75) is 23.8 Å². The second kappa shape index (κ2) is 5.60. The molecule has 24 heavy (non-hydrogen) atoms. The summed E-state index contributed by atoms with van der Waals surface area (Å²) in [5, 5.41) is 8.44. The van der Waals surface area contributed by atoms with E-state index in [0.29, 0.717) is 17.9 Å². The van der Waals surface area contributed by atoms with E-state index in [-0.39, 0.29) is 11.0 Å². The first-order valence-corrected chi connectivity index (χ1v) is 9.14. The van der Waals surface area contributed by atoms with Crippen LogP contribution >= 0.6 is 0 Å². The largest absolute Gasteiger partial charge is 0.372 e. The Hall–Kier alpha value is -2.39. The highest BCUT2D eigenvalue weighted by Crippen LogP contribution is 2.29. The second-order valence-electron chi connectivity index (χ2n) is 5.72. The lowest BCUT2D eigenvalue weighted by atomic mass is 10.2. The van der Waals surface area contributed by atoms with Gasteiger partial charge in [0.2, 0.25) is 0 Å². The SMILES string of the molecule is Cn1nc(C2CCCO2)cc1NS(=O)(=O)c1cnn2ccccc12. The molecule has 1 fully saturated rings. The van der Waals surface area contributed by atoms with Gasteiger partial charge in [-0.2, -0.15) is 10.2 Å². The average molecular weight is 347 g/mol. The Kier molecular flexibility index (Phi) is 3.54. The fourth-order valence-corrected chi connectivity index (χ4v) is 4.06. The zero-order valence-electron chi connectivity index (χ0n) is 13.1. The van der Waals surface area contributed by atoms with E-state index in [4.69, 9.17) is 4.74 Å². The predicted octanol–water partition coefficient (Wildman–Crippen LogP) is 1.72. The highest BCUT2D eigenvalue weighted by atomic mass is 32.2. The molecule has 4 rings (SSSR count). The van der Waals surface area contributed by atoms with Crippen molar-refractivity contribution in [3.8, 4) is 0 Å². The minimum Gasteiger partial charge on any atom is -0.372 e. The monoisotopic (exact) mass is 347 g/mol. The summed E-state index contributed by atoms with van der Waals surface area (Å²) in [6, 6.07) is 7.00. The van der Waals surface area contributed by atoms with Crippen LogP contribution in [0.2, 0.25) is 0 Å². The molecule has 1 N–H and O–H groups in total. The molecule has 1 unspecified atom stereocenters. The number of fused-ring (bicyclic) bond motifs is 1. The first-order valence-electron chi connectivity index (χ1n) is 7.65. The van der Waals surface area contributed by atoms with Gasteiger partial charge >= 0.3 is 0 Å². The zero-order chi connectivity index (χ0) is 16.7. The Bertz CT molecular complexity index is 986. The Labute approximate surface area is 139 Å². The van der Waals surface area contributed by atoms with Crippen LogP contribution in [0.4, 0.5) is 5.82 Å². The van der Waals surface area contributed by atoms with Gasteiger partial charge in [-0.25, -0.2) is 12.9 Å². The van der Waals surface area contributed by atoms with Crippen molar-refractivity contribution in [3.05, 3.63) is 42.4 Å².